The van der Waals surface area contributed by atoms with Gasteiger partial charge >= 0.3 is 6.18 Å². The topological polar surface area (TPSA) is 35.8 Å². The van der Waals surface area contributed by atoms with Gasteiger partial charge in [0.2, 0.25) is 0 Å². The van der Waals surface area contributed by atoms with Crippen LogP contribution in [0.15, 0.2) is 48.5 Å². The highest BCUT2D eigenvalue weighted by atomic mass is 19.4. The summed E-state index contributed by atoms with van der Waals surface area (Å²) in [6, 6.07) is 14.3. The van der Waals surface area contributed by atoms with Crippen molar-refractivity contribution in [1.82, 2.24) is 5.32 Å². The molecule has 0 aromatic heterocycles. The van der Waals surface area contributed by atoms with Crippen LogP contribution >= 0.6 is 0 Å². The maximum Gasteiger partial charge on any atom is 0.416 e. The normalized spacial score (nSPS) is 11.1. The lowest BCUT2D eigenvalue weighted by atomic mass is 10.1. The predicted octanol–water partition coefficient (Wildman–Crippen LogP) is 3.87. The number of halogens is 3. The largest absolute Gasteiger partial charge is 0.416 e. The fourth-order valence-corrected chi connectivity index (χ4v) is 1.91. The molecule has 2 nitrogen and oxygen atoms in total. The van der Waals surface area contributed by atoms with Gasteiger partial charge in [-0.2, -0.15) is 18.4 Å². The third-order valence-electron chi connectivity index (χ3n) is 3.00. The number of hydrogen-bond donors (Lipinski definition) is 1. The molecule has 0 aliphatic rings. The molecule has 21 heavy (non-hydrogen) atoms. The van der Waals surface area contributed by atoms with Gasteiger partial charge in [0, 0.05) is 13.1 Å². The van der Waals surface area contributed by atoms with Crippen molar-refractivity contribution in [2.24, 2.45) is 0 Å². The molecule has 0 saturated carbocycles. The van der Waals surface area contributed by atoms with Gasteiger partial charge in [-0.15, -0.1) is 0 Å². The Hall–Kier alpha value is -2.32. The molecule has 5 heteroatoms. The van der Waals surface area contributed by atoms with Crippen molar-refractivity contribution in [3.8, 4) is 6.07 Å². The van der Waals surface area contributed by atoms with Crippen LogP contribution in [0, 0.1) is 11.3 Å². The first kappa shape index (κ1) is 15.1. The average Bonchev–Trinajstić information content (AvgIpc) is 2.47. The van der Waals surface area contributed by atoms with Crippen molar-refractivity contribution in [2.45, 2.75) is 19.3 Å². The Morgan fingerprint density at radius 3 is 2.24 bits per heavy atom. The van der Waals surface area contributed by atoms with E-state index in [-0.39, 0.29) is 0 Å². The van der Waals surface area contributed by atoms with E-state index in [2.05, 4.69) is 11.4 Å². The second-order valence-electron chi connectivity index (χ2n) is 4.61. The number of rotatable bonds is 4. The maximum atomic E-state index is 12.4. The highest BCUT2D eigenvalue weighted by Crippen LogP contribution is 2.29. The van der Waals surface area contributed by atoms with Crippen LogP contribution in [0.2, 0.25) is 0 Å². The molecule has 108 valence electrons. The van der Waals surface area contributed by atoms with Crippen LogP contribution in [0.5, 0.6) is 0 Å². The first-order valence-corrected chi connectivity index (χ1v) is 6.35. The number of nitriles is 1. The van der Waals surface area contributed by atoms with E-state index >= 15 is 0 Å². The highest BCUT2D eigenvalue weighted by molar-refractivity contribution is 5.32. The third-order valence-corrected chi connectivity index (χ3v) is 3.00. The zero-order valence-corrected chi connectivity index (χ0v) is 11.1. The molecule has 0 saturated heterocycles. The van der Waals surface area contributed by atoms with E-state index in [9.17, 15) is 13.2 Å². The maximum absolute atomic E-state index is 12.4. The zero-order valence-electron chi connectivity index (χ0n) is 11.1. The van der Waals surface area contributed by atoms with Gasteiger partial charge in [-0.1, -0.05) is 24.3 Å². The summed E-state index contributed by atoms with van der Waals surface area (Å²) in [6.07, 6.45) is -4.30. The monoisotopic (exact) mass is 290 g/mol. The van der Waals surface area contributed by atoms with Crippen LogP contribution in [0.1, 0.15) is 22.3 Å². The van der Waals surface area contributed by atoms with E-state index in [1.54, 1.807) is 18.2 Å². The minimum atomic E-state index is -4.30. The van der Waals surface area contributed by atoms with Crippen LogP contribution in [-0.2, 0) is 19.3 Å². The summed E-state index contributed by atoms with van der Waals surface area (Å²) in [5, 5.41) is 11.9. The Kier molecular flexibility index (Phi) is 4.61. The van der Waals surface area contributed by atoms with E-state index in [0.29, 0.717) is 18.7 Å². The average molecular weight is 290 g/mol. The molecule has 0 heterocycles. The van der Waals surface area contributed by atoms with E-state index in [4.69, 9.17) is 5.26 Å². The van der Waals surface area contributed by atoms with E-state index in [0.717, 1.165) is 23.3 Å². The van der Waals surface area contributed by atoms with Crippen molar-refractivity contribution in [3.05, 3.63) is 70.8 Å². The number of hydrogen-bond acceptors (Lipinski definition) is 2. The minimum absolute atomic E-state index is 0.467. The fourth-order valence-electron chi connectivity index (χ4n) is 1.91. The smallest absolute Gasteiger partial charge is 0.309 e. The van der Waals surface area contributed by atoms with Gasteiger partial charge in [-0.25, -0.2) is 0 Å². The van der Waals surface area contributed by atoms with Crippen LogP contribution in [0.25, 0.3) is 0 Å². The molecule has 0 aliphatic heterocycles. The summed E-state index contributed by atoms with van der Waals surface area (Å²) in [5.41, 5.74) is 1.68. The first-order valence-electron chi connectivity index (χ1n) is 6.35. The molecule has 0 bridgehead atoms. The third kappa shape index (κ3) is 4.33. The second-order valence-corrected chi connectivity index (χ2v) is 4.61. The van der Waals surface area contributed by atoms with Gasteiger partial charge in [0.25, 0.3) is 0 Å². The molecular weight excluding hydrogens is 277 g/mol. The Morgan fingerprint density at radius 2 is 1.62 bits per heavy atom. The molecule has 0 atom stereocenters. The van der Waals surface area contributed by atoms with Crippen molar-refractivity contribution in [3.63, 3.8) is 0 Å². The Morgan fingerprint density at radius 1 is 0.952 bits per heavy atom. The first-order chi connectivity index (χ1) is 9.99. The summed E-state index contributed by atoms with van der Waals surface area (Å²) in [4.78, 5) is 0. The van der Waals surface area contributed by atoms with Crippen LogP contribution in [0.3, 0.4) is 0 Å². The Balaban J connectivity index is 1.90. The van der Waals surface area contributed by atoms with Gasteiger partial charge in [-0.3, -0.25) is 0 Å². The lowest BCUT2D eigenvalue weighted by molar-refractivity contribution is -0.137. The molecule has 0 radical (unpaired) electrons. The SMILES string of the molecule is N#Cc1cccc(CNCc2ccc(C(F)(F)F)cc2)c1. The molecule has 0 spiro atoms. The van der Waals surface area contributed by atoms with Crippen molar-refractivity contribution >= 4 is 0 Å². The second kappa shape index (κ2) is 6.42. The minimum Gasteiger partial charge on any atom is -0.309 e. The van der Waals surface area contributed by atoms with Crippen LogP contribution < -0.4 is 5.32 Å². The lowest BCUT2D eigenvalue weighted by Gasteiger charge is -2.08. The van der Waals surface area contributed by atoms with Gasteiger partial charge in [0.15, 0.2) is 0 Å². The molecule has 0 fully saturated rings. The van der Waals surface area contributed by atoms with E-state index in [1.165, 1.54) is 12.1 Å². The molecule has 1 N–H and O–H groups in total. The molecule has 0 amide bonds. The molecule has 0 unspecified atom stereocenters. The highest BCUT2D eigenvalue weighted by Gasteiger charge is 2.29. The molecule has 2 aromatic carbocycles. The Bertz CT molecular complexity index is 640. The summed E-state index contributed by atoms with van der Waals surface area (Å²) < 4.78 is 37.3. The van der Waals surface area contributed by atoms with E-state index in [1.807, 2.05) is 6.07 Å². The predicted molar refractivity (Wildman–Crippen MR) is 73.1 cm³/mol. The molecule has 2 aromatic rings. The van der Waals surface area contributed by atoms with Gasteiger partial charge in [0.1, 0.15) is 0 Å². The number of nitrogens with zero attached hydrogens (tertiary/aromatic N) is 1. The standard InChI is InChI=1S/C16H13F3N2/c17-16(18,19)15-6-4-12(5-7-15)10-21-11-14-3-1-2-13(8-14)9-20/h1-8,21H,10-11H2. The Labute approximate surface area is 120 Å². The van der Waals surface area contributed by atoms with Crippen molar-refractivity contribution in [1.29, 1.82) is 5.26 Å². The summed E-state index contributed by atoms with van der Waals surface area (Å²) in [7, 11) is 0. The van der Waals surface area contributed by atoms with Crippen molar-refractivity contribution < 1.29 is 13.2 Å². The van der Waals surface area contributed by atoms with E-state index < -0.39 is 11.7 Å². The van der Waals surface area contributed by atoms with Crippen LogP contribution in [-0.4, -0.2) is 0 Å². The molecule has 0 aliphatic carbocycles. The number of nitrogens with one attached hydrogen (secondary N) is 1. The van der Waals surface area contributed by atoms with Crippen molar-refractivity contribution in [2.75, 3.05) is 0 Å². The lowest BCUT2D eigenvalue weighted by Crippen LogP contribution is -2.13. The summed E-state index contributed by atoms with van der Waals surface area (Å²) >= 11 is 0. The van der Waals surface area contributed by atoms with Gasteiger partial charge in [0.05, 0.1) is 17.2 Å². The summed E-state index contributed by atoms with van der Waals surface area (Å²) in [6.45, 7) is 1.02. The zero-order chi connectivity index (χ0) is 15.3. The number of alkyl halides is 3. The van der Waals surface area contributed by atoms with Gasteiger partial charge in [-0.05, 0) is 35.4 Å². The molecular formula is C16H13F3N2. The van der Waals surface area contributed by atoms with Crippen LogP contribution in [0.4, 0.5) is 13.2 Å². The fraction of sp³-hybridized carbons (Fsp3) is 0.188. The number of benzene rings is 2. The van der Waals surface area contributed by atoms with Gasteiger partial charge < -0.3 is 5.32 Å². The quantitative estimate of drug-likeness (QED) is 0.928. The summed E-state index contributed by atoms with van der Waals surface area (Å²) in [5.74, 6) is 0. The molecule has 2 rings (SSSR count).